The molecule has 3 aromatic rings. The summed E-state index contributed by atoms with van der Waals surface area (Å²) in [4.78, 5) is 45.4. The molecule has 1 heterocycles. The highest BCUT2D eigenvalue weighted by molar-refractivity contribution is 7.09. The van der Waals surface area contributed by atoms with Crippen LogP contribution in [0.2, 0.25) is 0 Å². The Kier molecular flexibility index (Phi) is 13.3. The largest absolute Gasteiger partial charge is 0.445 e. The molecule has 1 saturated carbocycles. The average Bonchev–Trinajstić information content (AvgIpc) is 3.62. The van der Waals surface area contributed by atoms with Crippen LogP contribution in [0.1, 0.15) is 68.5 Å². The van der Waals surface area contributed by atoms with Crippen LogP contribution in [0.5, 0.6) is 0 Å². The van der Waals surface area contributed by atoms with Crippen molar-refractivity contribution in [3.05, 3.63) is 88.4 Å². The van der Waals surface area contributed by atoms with E-state index in [1.807, 2.05) is 74.5 Å². The second-order valence-electron chi connectivity index (χ2n) is 12.4. The number of nitrogens with two attached hydrogens (primary N) is 1. The van der Waals surface area contributed by atoms with E-state index in [1.54, 1.807) is 5.38 Å². The molecule has 1 aliphatic rings. The quantitative estimate of drug-likeness (QED) is 0.161. The molecule has 0 radical (unpaired) electrons. The molecule has 4 rings (SSSR count). The van der Waals surface area contributed by atoms with Crippen LogP contribution in [0.15, 0.2) is 72.2 Å². The van der Waals surface area contributed by atoms with E-state index in [2.05, 4.69) is 15.6 Å². The van der Waals surface area contributed by atoms with Gasteiger partial charge in [0.25, 0.3) is 0 Å². The summed E-state index contributed by atoms with van der Waals surface area (Å²) in [6, 6.07) is 16.3. The fraction of sp³-hybridized carbons (Fsp3) is 0.486. The van der Waals surface area contributed by atoms with Crippen molar-refractivity contribution < 1.29 is 29.0 Å². The van der Waals surface area contributed by atoms with Gasteiger partial charge >= 0.3 is 6.09 Å². The number of amides is 2. The molecule has 248 valence electrons. The summed E-state index contributed by atoms with van der Waals surface area (Å²) >= 11 is 1.13. The molecule has 1 aromatic heterocycles. The lowest BCUT2D eigenvalue weighted by Crippen LogP contribution is -2.61. The van der Waals surface area contributed by atoms with Gasteiger partial charge in [-0.1, -0.05) is 107 Å². The Hall–Kier alpha value is -3.64. The topological polar surface area (TPSA) is 153 Å². The Labute approximate surface area is 275 Å². The van der Waals surface area contributed by atoms with E-state index < -0.39 is 41.7 Å². The average molecular weight is 651 g/mol. The van der Waals surface area contributed by atoms with E-state index in [0.29, 0.717) is 6.42 Å². The molecular formula is C35H46N4O6S. The molecule has 1 unspecified atom stereocenters. The van der Waals surface area contributed by atoms with Gasteiger partial charge in [-0.3, -0.25) is 9.59 Å². The molecule has 4 atom stereocenters. The first-order valence-corrected chi connectivity index (χ1v) is 16.9. The number of Topliss-reactive ketones (excluding diaryl/α,β-unsaturated/α-hetero) is 1. The minimum absolute atomic E-state index is 0.0160. The van der Waals surface area contributed by atoms with Gasteiger partial charge in [-0.05, 0) is 29.4 Å². The van der Waals surface area contributed by atoms with Gasteiger partial charge < -0.3 is 30.9 Å². The van der Waals surface area contributed by atoms with E-state index >= 15 is 0 Å². The summed E-state index contributed by atoms with van der Waals surface area (Å²) in [6.45, 7) is 3.96. The lowest BCUT2D eigenvalue weighted by molar-refractivity contribution is -0.159. The number of carbonyl (C=O) groups is 3. The van der Waals surface area contributed by atoms with Crippen LogP contribution in [0.25, 0.3) is 0 Å². The van der Waals surface area contributed by atoms with Crippen LogP contribution in [0.4, 0.5) is 4.79 Å². The van der Waals surface area contributed by atoms with Crippen molar-refractivity contribution in [2.45, 2.75) is 89.3 Å². The maximum absolute atomic E-state index is 14.3. The van der Waals surface area contributed by atoms with Crippen molar-refractivity contribution in [1.29, 1.82) is 0 Å². The predicted octanol–water partition coefficient (Wildman–Crippen LogP) is 4.85. The minimum Gasteiger partial charge on any atom is -0.445 e. The summed E-state index contributed by atoms with van der Waals surface area (Å²) in [6.07, 6.45) is 5.00. The summed E-state index contributed by atoms with van der Waals surface area (Å²) < 4.78 is 11.4. The normalized spacial score (nSPS) is 17.0. The van der Waals surface area contributed by atoms with E-state index in [4.69, 9.17) is 15.2 Å². The van der Waals surface area contributed by atoms with Crippen molar-refractivity contribution in [2.24, 2.45) is 17.6 Å². The number of carbonyl (C=O) groups excluding carboxylic acids is 3. The van der Waals surface area contributed by atoms with Gasteiger partial charge in [-0.25, -0.2) is 9.78 Å². The molecule has 1 aliphatic carbocycles. The second-order valence-corrected chi connectivity index (χ2v) is 13.3. The maximum atomic E-state index is 14.3. The van der Waals surface area contributed by atoms with Crippen molar-refractivity contribution in [1.82, 2.24) is 15.6 Å². The minimum atomic E-state index is -2.20. The Morgan fingerprint density at radius 1 is 1.00 bits per heavy atom. The van der Waals surface area contributed by atoms with Gasteiger partial charge in [-0.15, -0.1) is 11.3 Å². The first-order valence-electron chi connectivity index (χ1n) is 16.0. The molecule has 1 fully saturated rings. The summed E-state index contributed by atoms with van der Waals surface area (Å²) in [5.74, 6) is -1.19. The van der Waals surface area contributed by atoms with E-state index in [1.165, 1.54) is 6.20 Å². The number of ether oxygens (including phenoxy) is 2. The van der Waals surface area contributed by atoms with Crippen molar-refractivity contribution in [3.8, 4) is 0 Å². The van der Waals surface area contributed by atoms with Crippen LogP contribution in [-0.2, 0) is 37.7 Å². The highest BCUT2D eigenvalue weighted by Gasteiger charge is 2.50. The number of aromatic nitrogens is 1. The zero-order valence-corrected chi connectivity index (χ0v) is 27.4. The van der Waals surface area contributed by atoms with Crippen LogP contribution >= 0.6 is 11.3 Å². The van der Waals surface area contributed by atoms with E-state index in [0.717, 1.165) is 54.6 Å². The number of rotatable bonds is 16. The molecule has 11 heteroatoms. The maximum Gasteiger partial charge on any atom is 0.408 e. The molecule has 0 saturated heterocycles. The molecule has 10 nitrogen and oxygen atoms in total. The summed E-state index contributed by atoms with van der Waals surface area (Å²) in [7, 11) is 0. The van der Waals surface area contributed by atoms with Gasteiger partial charge in [0, 0.05) is 24.0 Å². The zero-order chi connectivity index (χ0) is 32.9. The smallest absolute Gasteiger partial charge is 0.408 e. The fourth-order valence-corrected chi connectivity index (χ4v) is 6.48. The molecule has 2 amide bonds. The third-order valence-corrected chi connectivity index (χ3v) is 9.09. The molecule has 46 heavy (non-hydrogen) atoms. The second kappa shape index (κ2) is 17.3. The van der Waals surface area contributed by atoms with Gasteiger partial charge in [0.15, 0.2) is 11.8 Å². The predicted molar refractivity (Wildman–Crippen MR) is 177 cm³/mol. The summed E-state index contributed by atoms with van der Waals surface area (Å²) in [5, 5.41) is 19.3. The third kappa shape index (κ3) is 9.93. The number of aliphatic hydroxyl groups is 1. The van der Waals surface area contributed by atoms with Crippen molar-refractivity contribution >= 4 is 29.1 Å². The van der Waals surface area contributed by atoms with E-state index in [-0.39, 0.29) is 36.5 Å². The standard InChI is InChI=1S/C35H46N4O6S/c1-24(2)22-44-32(30(40)35(43,33-37-18-19-46-33)29(36)21-26-14-8-4-9-15-26)39-31(41)28(20-25-12-6-3-7-13-25)38-34(42)45-23-27-16-10-5-11-17-27/h3,5-7,10-13,16-19,24,26,28-29,32,43H,4,8-9,14-15,20-23,36H2,1-2H3,(H,38,42)(H,39,41)/t28-,29-,32?,35+/m0/s1. The molecule has 5 N–H and O–H groups in total. The van der Waals surface area contributed by atoms with Gasteiger partial charge in [0.1, 0.15) is 17.7 Å². The fourth-order valence-electron chi connectivity index (χ4n) is 5.68. The Bertz CT molecular complexity index is 1370. The van der Waals surface area contributed by atoms with Crippen LogP contribution < -0.4 is 16.4 Å². The number of nitrogens with one attached hydrogen (secondary N) is 2. The van der Waals surface area contributed by atoms with Crippen LogP contribution in [-0.4, -0.2) is 52.8 Å². The Morgan fingerprint density at radius 2 is 1.65 bits per heavy atom. The monoisotopic (exact) mass is 650 g/mol. The molecule has 0 aliphatic heterocycles. The third-order valence-electron chi connectivity index (χ3n) is 8.19. The highest BCUT2D eigenvalue weighted by Crippen LogP contribution is 2.35. The number of alkyl carbamates (subject to hydrolysis) is 1. The SMILES string of the molecule is CC(C)COC(NC(=O)[C@H](Cc1ccccc1)NC(=O)OCc1ccccc1)C(=O)[C@@](O)(c1nccs1)[C@@H](N)CC1CCCCC1. The highest BCUT2D eigenvalue weighted by atomic mass is 32.1. The number of hydrogen-bond donors (Lipinski definition) is 4. The van der Waals surface area contributed by atoms with Gasteiger partial charge in [-0.2, -0.15) is 0 Å². The lowest BCUT2D eigenvalue weighted by Gasteiger charge is -2.36. The number of benzene rings is 2. The Balaban J connectivity index is 1.56. The number of ketones is 1. The number of hydrogen-bond acceptors (Lipinski definition) is 9. The van der Waals surface area contributed by atoms with Gasteiger partial charge in [0.2, 0.25) is 11.7 Å². The van der Waals surface area contributed by atoms with Gasteiger partial charge in [0.05, 0.1) is 6.61 Å². The first-order chi connectivity index (χ1) is 22.2. The van der Waals surface area contributed by atoms with Crippen LogP contribution in [0.3, 0.4) is 0 Å². The molecule has 0 spiro atoms. The lowest BCUT2D eigenvalue weighted by atomic mass is 9.79. The van der Waals surface area contributed by atoms with Crippen LogP contribution in [0, 0.1) is 11.8 Å². The molecule has 0 bridgehead atoms. The molecule has 2 aromatic carbocycles. The zero-order valence-electron chi connectivity index (χ0n) is 26.6. The van der Waals surface area contributed by atoms with E-state index in [9.17, 15) is 19.5 Å². The van der Waals surface area contributed by atoms with Crippen molar-refractivity contribution in [3.63, 3.8) is 0 Å². The van der Waals surface area contributed by atoms with Crippen molar-refractivity contribution in [2.75, 3.05) is 6.61 Å². The molecular weight excluding hydrogens is 604 g/mol. The summed E-state index contributed by atoms with van der Waals surface area (Å²) in [5.41, 5.74) is 6.04. The Morgan fingerprint density at radius 3 is 2.26 bits per heavy atom. The number of thiazole rings is 1. The number of nitrogens with zero attached hydrogens (tertiary/aromatic N) is 1. The first kappa shape index (κ1) is 35.2.